The number of hydrogen-bond acceptors (Lipinski definition) is 3. The molecule has 0 saturated heterocycles. The second-order valence-corrected chi connectivity index (χ2v) is 7.48. The van der Waals surface area contributed by atoms with Gasteiger partial charge in [0.2, 0.25) is 5.91 Å². The molecule has 30 heavy (non-hydrogen) atoms. The fourth-order valence-electron chi connectivity index (χ4n) is 2.71. The molecule has 0 bridgehead atoms. The first-order valence-corrected chi connectivity index (χ1v) is 10.0. The van der Waals surface area contributed by atoms with E-state index in [1.807, 2.05) is 56.3 Å². The molecule has 3 rings (SSSR count). The van der Waals surface area contributed by atoms with Crippen molar-refractivity contribution in [1.29, 1.82) is 0 Å². The van der Waals surface area contributed by atoms with Crippen LogP contribution in [0.2, 0.25) is 0 Å². The van der Waals surface area contributed by atoms with Gasteiger partial charge in [-0.2, -0.15) is 0 Å². The van der Waals surface area contributed by atoms with E-state index in [1.54, 1.807) is 36.4 Å². The SMILES string of the molecule is CC(C)C(=O)Nc1ccc(NC(=S)NC(=O)c2ccc(-c3ccccc3)cc2)cc1. The fourth-order valence-corrected chi connectivity index (χ4v) is 2.92. The molecule has 2 amide bonds. The van der Waals surface area contributed by atoms with Gasteiger partial charge < -0.3 is 10.6 Å². The number of hydrogen-bond donors (Lipinski definition) is 3. The molecule has 0 aliphatic carbocycles. The van der Waals surface area contributed by atoms with Crippen LogP contribution < -0.4 is 16.0 Å². The normalized spacial score (nSPS) is 10.4. The topological polar surface area (TPSA) is 70.2 Å². The molecule has 0 heterocycles. The van der Waals surface area contributed by atoms with Crippen molar-refractivity contribution in [2.45, 2.75) is 13.8 Å². The van der Waals surface area contributed by atoms with Crippen LogP contribution in [0, 0.1) is 5.92 Å². The van der Waals surface area contributed by atoms with Crippen LogP contribution >= 0.6 is 12.2 Å². The van der Waals surface area contributed by atoms with E-state index in [2.05, 4.69) is 16.0 Å². The van der Waals surface area contributed by atoms with E-state index >= 15 is 0 Å². The third-order valence-corrected chi connectivity index (χ3v) is 4.62. The first-order valence-electron chi connectivity index (χ1n) is 9.61. The molecule has 0 radical (unpaired) electrons. The molecule has 0 saturated carbocycles. The third kappa shape index (κ3) is 5.75. The van der Waals surface area contributed by atoms with Crippen LogP contribution in [0.15, 0.2) is 78.9 Å². The summed E-state index contributed by atoms with van der Waals surface area (Å²) in [7, 11) is 0. The van der Waals surface area contributed by atoms with Crippen molar-refractivity contribution >= 4 is 40.5 Å². The minimum atomic E-state index is -0.284. The Hall–Kier alpha value is -3.51. The zero-order valence-corrected chi connectivity index (χ0v) is 17.6. The van der Waals surface area contributed by atoms with Crippen LogP contribution in [0.3, 0.4) is 0 Å². The Labute approximate surface area is 181 Å². The Morgan fingerprint density at radius 3 is 1.83 bits per heavy atom. The summed E-state index contributed by atoms with van der Waals surface area (Å²) in [5.41, 5.74) is 4.06. The van der Waals surface area contributed by atoms with E-state index in [-0.39, 0.29) is 22.8 Å². The summed E-state index contributed by atoms with van der Waals surface area (Å²) in [5, 5.41) is 8.67. The second kappa shape index (κ2) is 9.80. The summed E-state index contributed by atoms with van der Waals surface area (Å²) in [4.78, 5) is 24.2. The Morgan fingerprint density at radius 1 is 0.733 bits per heavy atom. The summed E-state index contributed by atoms with van der Waals surface area (Å²) in [6.45, 7) is 3.67. The van der Waals surface area contributed by atoms with Crippen LogP contribution in [0.4, 0.5) is 11.4 Å². The molecule has 6 heteroatoms. The van der Waals surface area contributed by atoms with Gasteiger partial charge in [0.1, 0.15) is 0 Å². The van der Waals surface area contributed by atoms with Crippen molar-refractivity contribution in [2.75, 3.05) is 10.6 Å². The summed E-state index contributed by atoms with van der Waals surface area (Å²) in [6.07, 6.45) is 0. The average Bonchev–Trinajstić information content (AvgIpc) is 2.75. The molecule has 0 aliphatic rings. The molecule has 3 N–H and O–H groups in total. The lowest BCUT2D eigenvalue weighted by Crippen LogP contribution is -2.34. The highest BCUT2D eigenvalue weighted by atomic mass is 32.1. The van der Waals surface area contributed by atoms with Gasteiger partial charge in [0.05, 0.1) is 0 Å². The van der Waals surface area contributed by atoms with Crippen molar-refractivity contribution in [2.24, 2.45) is 5.92 Å². The predicted octanol–water partition coefficient (Wildman–Crippen LogP) is 5.07. The molecular weight excluding hydrogens is 394 g/mol. The Kier molecular flexibility index (Phi) is 6.93. The molecule has 152 valence electrons. The van der Waals surface area contributed by atoms with E-state index in [4.69, 9.17) is 12.2 Å². The van der Waals surface area contributed by atoms with Crippen LogP contribution in [0.25, 0.3) is 11.1 Å². The van der Waals surface area contributed by atoms with Gasteiger partial charge in [0, 0.05) is 22.9 Å². The molecule has 0 aliphatic heterocycles. The highest BCUT2D eigenvalue weighted by molar-refractivity contribution is 7.80. The minimum absolute atomic E-state index is 0.0447. The van der Waals surface area contributed by atoms with Crippen LogP contribution in [0.5, 0.6) is 0 Å². The van der Waals surface area contributed by atoms with E-state index in [1.165, 1.54) is 0 Å². The number of benzene rings is 3. The Morgan fingerprint density at radius 2 is 1.27 bits per heavy atom. The molecule has 0 aromatic heterocycles. The molecule has 3 aromatic rings. The maximum Gasteiger partial charge on any atom is 0.257 e. The van der Waals surface area contributed by atoms with E-state index < -0.39 is 0 Å². The van der Waals surface area contributed by atoms with E-state index in [0.717, 1.165) is 11.1 Å². The summed E-state index contributed by atoms with van der Waals surface area (Å²) < 4.78 is 0. The summed E-state index contributed by atoms with van der Waals surface area (Å²) in [6, 6.07) is 24.4. The van der Waals surface area contributed by atoms with E-state index in [9.17, 15) is 9.59 Å². The minimum Gasteiger partial charge on any atom is -0.332 e. The van der Waals surface area contributed by atoms with Gasteiger partial charge in [-0.15, -0.1) is 0 Å². The zero-order chi connectivity index (χ0) is 21.5. The number of rotatable bonds is 5. The Bertz CT molecular complexity index is 1030. The number of amides is 2. The lowest BCUT2D eigenvalue weighted by atomic mass is 10.0. The molecule has 5 nitrogen and oxygen atoms in total. The lowest BCUT2D eigenvalue weighted by Gasteiger charge is -2.11. The van der Waals surface area contributed by atoms with Crippen molar-refractivity contribution in [3.63, 3.8) is 0 Å². The number of nitrogens with one attached hydrogen (secondary N) is 3. The number of anilines is 2. The maximum absolute atomic E-state index is 12.4. The van der Waals surface area contributed by atoms with Crippen molar-refractivity contribution in [1.82, 2.24) is 5.32 Å². The molecule has 0 unspecified atom stereocenters. The van der Waals surface area contributed by atoms with Crippen molar-refractivity contribution in [3.8, 4) is 11.1 Å². The molecular formula is C24H23N3O2S. The first kappa shape index (κ1) is 21.2. The first-order chi connectivity index (χ1) is 14.4. The summed E-state index contributed by atoms with van der Waals surface area (Å²) in [5.74, 6) is -0.419. The number of carbonyl (C=O) groups is 2. The molecule has 3 aromatic carbocycles. The van der Waals surface area contributed by atoms with Gasteiger partial charge in [-0.05, 0) is 59.7 Å². The lowest BCUT2D eigenvalue weighted by molar-refractivity contribution is -0.118. The molecule has 0 atom stereocenters. The number of thiocarbonyl (C=S) groups is 1. The van der Waals surface area contributed by atoms with Gasteiger partial charge >= 0.3 is 0 Å². The maximum atomic E-state index is 12.4. The second-order valence-electron chi connectivity index (χ2n) is 7.07. The van der Waals surface area contributed by atoms with Gasteiger partial charge in [0.15, 0.2) is 5.11 Å². The highest BCUT2D eigenvalue weighted by Gasteiger charge is 2.09. The van der Waals surface area contributed by atoms with Gasteiger partial charge in [0.25, 0.3) is 5.91 Å². The average molecular weight is 418 g/mol. The fraction of sp³-hybridized carbons (Fsp3) is 0.125. The van der Waals surface area contributed by atoms with Crippen molar-refractivity contribution < 1.29 is 9.59 Å². The third-order valence-electron chi connectivity index (χ3n) is 4.42. The van der Waals surface area contributed by atoms with Crippen molar-refractivity contribution in [3.05, 3.63) is 84.4 Å². The molecule has 0 spiro atoms. The van der Waals surface area contributed by atoms with Crippen LogP contribution in [0.1, 0.15) is 24.2 Å². The highest BCUT2D eigenvalue weighted by Crippen LogP contribution is 2.19. The smallest absolute Gasteiger partial charge is 0.257 e. The van der Waals surface area contributed by atoms with E-state index in [0.29, 0.717) is 16.9 Å². The van der Waals surface area contributed by atoms with Gasteiger partial charge in [-0.3, -0.25) is 14.9 Å². The standard InChI is InChI=1S/C24H23N3O2S/c1-16(2)22(28)25-20-12-14-21(15-13-20)26-24(30)27-23(29)19-10-8-18(9-11-19)17-6-4-3-5-7-17/h3-16H,1-2H3,(H,25,28)(H2,26,27,29,30). The van der Waals surface area contributed by atoms with Gasteiger partial charge in [-0.1, -0.05) is 56.3 Å². The van der Waals surface area contributed by atoms with Crippen LogP contribution in [-0.4, -0.2) is 16.9 Å². The zero-order valence-electron chi connectivity index (χ0n) is 16.8. The summed E-state index contributed by atoms with van der Waals surface area (Å²) >= 11 is 5.24. The Balaban J connectivity index is 1.55. The van der Waals surface area contributed by atoms with Gasteiger partial charge in [-0.25, -0.2) is 0 Å². The van der Waals surface area contributed by atoms with Crippen LogP contribution in [-0.2, 0) is 4.79 Å². The predicted molar refractivity (Wildman–Crippen MR) is 125 cm³/mol. The quantitative estimate of drug-likeness (QED) is 0.507. The molecule has 0 fully saturated rings. The largest absolute Gasteiger partial charge is 0.332 e. The monoisotopic (exact) mass is 417 g/mol. The number of carbonyl (C=O) groups excluding carboxylic acids is 2.